The maximum atomic E-state index is 13.9. The van der Waals surface area contributed by atoms with Crippen molar-refractivity contribution in [2.24, 2.45) is 23.2 Å². The van der Waals surface area contributed by atoms with Gasteiger partial charge in [-0.15, -0.1) is 0 Å². The van der Waals surface area contributed by atoms with E-state index in [4.69, 9.17) is 4.74 Å². The van der Waals surface area contributed by atoms with Gasteiger partial charge in [0.2, 0.25) is 11.8 Å². The number of carbonyl (C=O) groups excluding carboxylic acids is 3. The maximum absolute atomic E-state index is 13.9. The average Bonchev–Trinajstić information content (AvgIpc) is 3.39. The van der Waals surface area contributed by atoms with Gasteiger partial charge in [0.05, 0.1) is 12.5 Å². The molecule has 0 spiro atoms. The SMILES string of the molecule is COc1ccc(C(=O)NC2CCC(NC(=O)[C@@H]3CCCN3C(=O)C34CC5CC(CC(C5)C3)C4)CC2)cc1. The first-order valence-electron chi connectivity index (χ1n) is 14.5. The molecule has 7 nitrogen and oxygen atoms in total. The molecule has 1 aromatic rings. The molecule has 7 rings (SSSR count). The molecule has 6 aliphatic rings. The van der Waals surface area contributed by atoms with E-state index < -0.39 is 0 Å². The number of amides is 3. The Bertz CT molecular complexity index is 994. The van der Waals surface area contributed by atoms with Crippen LogP contribution in [0.1, 0.15) is 87.4 Å². The van der Waals surface area contributed by atoms with E-state index in [0.717, 1.165) is 87.8 Å². The molecule has 2 N–H and O–H groups in total. The van der Waals surface area contributed by atoms with Gasteiger partial charge in [-0.2, -0.15) is 0 Å². The molecular formula is C30H41N3O4. The minimum Gasteiger partial charge on any atom is -0.497 e. The summed E-state index contributed by atoms with van der Waals surface area (Å²) in [6, 6.07) is 7.05. The van der Waals surface area contributed by atoms with Crippen LogP contribution in [0.25, 0.3) is 0 Å². The summed E-state index contributed by atoms with van der Waals surface area (Å²) in [5.74, 6) is 3.16. The van der Waals surface area contributed by atoms with Crippen LogP contribution >= 0.6 is 0 Å². The fraction of sp³-hybridized carbons (Fsp3) is 0.700. The number of likely N-dealkylation sites (tertiary alicyclic amines) is 1. The van der Waals surface area contributed by atoms with E-state index in [1.807, 2.05) is 4.90 Å². The smallest absolute Gasteiger partial charge is 0.251 e. The third-order valence-electron chi connectivity index (χ3n) is 10.1. The van der Waals surface area contributed by atoms with E-state index >= 15 is 0 Å². The Kier molecular flexibility index (Phi) is 6.66. The molecule has 1 saturated heterocycles. The largest absolute Gasteiger partial charge is 0.497 e. The molecule has 200 valence electrons. The molecular weight excluding hydrogens is 466 g/mol. The number of carbonyl (C=O) groups is 3. The van der Waals surface area contributed by atoms with Gasteiger partial charge in [-0.25, -0.2) is 0 Å². The van der Waals surface area contributed by atoms with Crippen LogP contribution in [-0.4, -0.2) is 54.4 Å². The van der Waals surface area contributed by atoms with E-state index in [9.17, 15) is 14.4 Å². The molecule has 4 bridgehead atoms. The first-order chi connectivity index (χ1) is 17.9. The van der Waals surface area contributed by atoms with Crippen LogP contribution in [0.2, 0.25) is 0 Å². The fourth-order valence-electron chi connectivity index (χ4n) is 8.65. The second kappa shape index (κ2) is 9.95. The van der Waals surface area contributed by atoms with Crippen molar-refractivity contribution in [2.75, 3.05) is 13.7 Å². The highest BCUT2D eigenvalue weighted by atomic mass is 16.5. The Morgan fingerprint density at radius 3 is 1.97 bits per heavy atom. The Balaban J connectivity index is 1.00. The Morgan fingerprint density at radius 1 is 0.838 bits per heavy atom. The maximum Gasteiger partial charge on any atom is 0.251 e. The van der Waals surface area contributed by atoms with E-state index in [1.165, 1.54) is 19.3 Å². The first-order valence-corrected chi connectivity index (χ1v) is 14.5. The second-order valence-corrected chi connectivity index (χ2v) is 12.6. The lowest BCUT2D eigenvalue weighted by atomic mass is 9.49. The van der Waals surface area contributed by atoms with Crippen molar-refractivity contribution in [1.82, 2.24) is 15.5 Å². The summed E-state index contributed by atoms with van der Waals surface area (Å²) in [6.07, 6.45) is 12.2. The Labute approximate surface area is 220 Å². The van der Waals surface area contributed by atoms with Gasteiger partial charge in [-0.05, 0) is 119 Å². The number of benzene rings is 1. The monoisotopic (exact) mass is 507 g/mol. The average molecular weight is 508 g/mol. The van der Waals surface area contributed by atoms with Crippen molar-refractivity contribution in [1.29, 1.82) is 0 Å². The van der Waals surface area contributed by atoms with Gasteiger partial charge in [0, 0.05) is 24.2 Å². The van der Waals surface area contributed by atoms with Crippen LogP contribution in [0.15, 0.2) is 24.3 Å². The molecule has 1 aromatic carbocycles. The highest BCUT2D eigenvalue weighted by molar-refractivity contribution is 5.94. The van der Waals surface area contributed by atoms with Crippen LogP contribution in [0.4, 0.5) is 0 Å². The molecule has 6 fully saturated rings. The Hall–Kier alpha value is -2.57. The van der Waals surface area contributed by atoms with Crippen molar-refractivity contribution in [3.8, 4) is 5.75 Å². The summed E-state index contributed by atoms with van der Waals surface area (Å²) >= 11 is 0. The molecule has 1 heterocycles. The lowest BCUT2D eigenvalue weighted by Crippen LogP contribution is -2.58. The van der Waals surface area contributed by atoms with Gasteiger partial charge in [-0.1, -0.05) is 0 Å². The zero-order chi connectivity index (χ0) is 25.6. The van der Waals surface area contributed by atoms with Gasteiger partial charge in [0.15, 0.2) is 0 Å². The summed E-state index contributed by atoms with van der Waals surface area (Å²) in [5.41, 5.74) is 0.443. The van der Waals surface area contributed by atoms with Crippen molar-refractivity contribution < 1.29 is 19.1 Å². The minimum absolute atomic E-state index is 0.0290. The summed E-state index contributed by atoms with van der Waals surface area (Å²) < 4.78 is 5.17. The van der Waals surface area contributed by atoms with E-state index in [1.54, 1.807) is 31.4 Å². The van der Waals surface area contributed by atoms with Crippen LogP contribution in [0, 0.1) is 23.2 Å². The van der Waals surface area contributed by atoms with Crippen molar-refractivity contribution in [2.45, 2.75) is 95.2 Å². The molecule has 0 radical (unpaired) electrons. The molecule has 5 aliphatic carbocycles. The minimum atomic E-state index is -0.312. The molecule has 1 aliphatic heterocycles. The molecule has 0 unspecified atom stereocenters. The molecule has 1 atom stereocenters. The lowest BCUT2D eigenvalue weighted by Gasteiger charge is -2.56. The van der Waals surface area contributed by atoms with E-state index in [2.05, 4.69) is 10.6 Å². The van der Waals surface area contributed by atoms with E-state index in [0.29, 0.717) is 5.56 Å². The number of nitrogens with one attached hydrogen (secondary N) is 2. The quantitative estimate of drug-likeness (QED) is 0.608. The zero-order valence-electron chi connectivity index (χ0n) is 22.0. The summed E-state index contributed by atoms with van der Waals surface area (Å²) in [6.45, 7) is 0.725. The van der Waals surface area contributed by atoms with Gasteiger partial charge < -0.3 is 20.3 Å². The summed E-state index contributed by atoms with van der Waals surface area (Å²) in [7, 11) is 1.61. The van der Waals surface area contributed by atoms with Crippen LogP contribution < -0.4 is 15.4 Å². The third-order valence-corrected chi connectivity index (χ3v) is 10.1. The molecule has 7 heteroatoms. The number of ether oxygens (including phenoxy) is 1. The second-order valence-electron chi connectivity index (χ2n) is 12.6. The van der Waals surface area contributed by atoms with Gasteiger partial charge in [0.1, 0.15) is 11.8 Å². The number of methoxy groups -OCH3 is 1. The molecule has 3 amide bonds. The Morgan fingerprint density at radius 2 is 1.41 bits per heavy atom. The predicted molar refractivity (Wildman–Crippen MR) is 140 cm³/mol. The highest BCUT2D eigenvalue weighted by Crippen LogP contribution is 2.60. The third kappa shape index (κ3) is 4.86. The van der Waals surface area contributed by atoms with Gasteiger partial charge in [-0.3, -0.25) is 14.4 Å². The topological polar surface area (TPSA) is 87.7 Å². The summed E-state index contributed by atoms with van der Waals surface area (Å²) in [5, 5.41) is 6.42. The summed E-state index contributed by atoms with van der Waals surface area (Å²) in [4.78, 5) is 41.8. The normalized spacial score (nSPS) is 36.3. The van der Waals surface area contributed by atoms with E-state index in [-0.39, 0.29) is 41.3 Å². The lowest BCUT2D eigenvalue weighted by molar-refractivity contribution is -0.160. The van der Waals surface area contributed by atoms with Gasteiger partial charge in [0.25, 0.3) is 5.91 Å². The number of nitrogens with zero attached hydrogens (tertiary/aromatic N) is 1. The van der Waals surface area contributed by atoms with Crippen molar-refractivity contribution in [3.63, 3.8) is 0 Å². The fourth-order valence-corrected chi connectivity index (χ4v) is 8.65. The first kappa shape index (κ1) is 24.7. The van der Waals surface area contributed by atoms with Crippen LogP contribution in [0.3, 0.4) is 0 Å². The highest BCUT2D eigenvalue weighted by Gasteiger charge is 2.56. The number of hydrogen-bond acceptors (Lipinski definition) is 4. The standard InChI is InChI=1S/C30H41N3O4/c1-37-25-10-4-22(5-11-25)27(34)31-23-6-8-24(9-7-23)32-28(35)26-3-2-12-33(26)29(36)30-16-19-13-20(17-30)15-21(14-19)18-30/h4-5,10-11,19-21,23-24,26H,2-3,6-9,12-18H2,1H3,(H,31,34)(H,32,35)/t19?,20?,21?,23?,24?,26-,30?/m0/s1. The number of rotatable bonds is 6. The van der Waals surface area contributed by atoms with Crippen LogP contribution in [0.5, 0.6) is 5.75 Å². The molecule has 0 aromatic heterocycles. The number of hydrogen-bond donors (Lipinski definition) is 2. The molecule has 37 heavy (non-hydrogen) atoms. The van der Waals surface area contributed by atoms with Crippen molar-refractivity contribution in [3.05, 3.63) is 29.8 Å². The van der Waals surface area contributed by atoms with Crippen LogP contribution in [-0.2, 0) is 9.59 Å². The van der Waals surface area contributed by atoms with Crippen molar-refractivity contribution >= 4 is 17.7 Å². The predicted octanol–water partition coefficient (Wildman–Crippen LogP) is 4.06. The zero-order valence-corrected chi connectivity index (χ0v) is 22.0. The van der Waals surface area contributed by atoms with Gasteiger partial charge >= 0.3 is 0 Å². The molecule has 5 saturated carbocycles.